The number of ether oxygens (including phenoxy) is 1. The number of fused-ring (bicyclic) bond motifs is 5. The highest BCUT2D eigenvalue weighted by Gasteiger charge is 2.59. The smallest absolute Gasteiger partial charge is 0.337 e. The van der Waals surface area contributed by atoms with Crippen LogP contribution in [0.3, 0.4) is 0 Å². The van der Waals surface area contributed by atoms with E-state index in [2.05, 4.69) is 40.7 Å². The number of alkyl halides is 1. The molecular weight excluding hydrogens is 399 g/mol. The van der Waals surface area contributed by atoms with Gasteiger partial charge in [-0.2, -0.15) is 0 Å². The molecule has 4 aliphatic carbocycles. The Morgan fingerprint density at radius 2 is 1.88 bits per heavy atom. The van der Waals surface area contributed by atoms with Crippen molar-refractivity contribution in [1.82, 2.24) is 0 Å². The molecule has 0 aliphatic heterocycles. The Bertz CT molecular complexity index is 714. The second-order valence-electron chi connectivity index (χ2n) is 12.8. The lowest BCUT2D eigenvalue weighted by molar-refractivity contribution is -0.152. The zero-order valence-electron chi connectivity index (χ0n) is 21.3. The molecular formula is C29H47FO2. The molecule has 3 fully saturated rings. The van der Waals surface area contributed by atoms with Gasteiger partial charge in [0.15, 0.2) is 6.67 Å². The fourth-order valence-electron chi connectivity index (χ4n) is 8.97. The first-order valence-electron chi connectivity index (χ1n) is 13.6. The molecule has 8 atom stereocenters. The van der Waals surface area contributed by atoms with E-state index in [-0.39, 0.29) is 11.5 Å². The van der Waals surface area contributed by atoms with Gasteiger partial charge in [0, 0.05) is 6.42 Å². The van der Waals surface area contributed by atoms with Crippen LogP contribution in [0, 0.1) is 46.3 Å². The quantitative estimate of drug-likeness (QED) is 0.293. The fourth-order valence-corrected chi connectivity index (χ4v) is 8.97. The van der Waals surface area contributed by atoms with Crippen molar-refractivity contribution in [1.29, 1.82) is 0 Å². The highest BCUT2D eigenvalue weighted by Crippen LogP contribution is 2.67. The third-order valence-corrected chi connectivity index (χ3v) is 10.7. The van der Waals surface area contributed by atoms with E-state index in [9.17, 15) is 9.18 Å². The summed E-state index contributed by atoms with van der Waals surface area (Å²) in [6, 6.07) is 0. The summed E-state index contributed by atoms with van der Waals surface area (Å²) in [7, 11) is 0. The molecule has 0 aromatic rings. The number of carbonyl (C=O) groups excluding carboxylic acids is 1. The molecule has 0 unspecified atom stereocenters. The normalized spacial score (nSPS) is 42.0. The molecule has 4 rings (SSSR count). The van der Waals surface area contributed by atoms with Crippen LogP contribution in [0.15, 0.2) is 11.6 Å². The van der Waals surface area contributed by atoms with E-state index >= 15 is 0 Å². The fraction of sp³-hybridized carbons (Fsp3) is 0.897. The highest BCUT2D eigenvalue weighted by molar-refractivity contribution is 5.70. The zero-order chi connectivity index (χ0) is 23.1. The lowest BCUT2D eigenvalue weighted by atomic mass is 9.47. The van der Waals surface area contributed by atoms with Gasteiger partial charge in [-0.3, -0.25) is 0 Å². The van der Waals surface area contributed by atoms with Crippen molar-refractivity contribution < 1.29 is 13.9 Å². The van der Waals surface area contributed by atoms with Crippen molar-refractivity contribution in [3.63, 3.8) is 0 Å². The van der Waals surface area contributed by atoms with Gasteiger partial charge in [0.2, 0.25) is 0 Å². The van der Waals surface area contributed by atoms with Crippen LogP contribution >= 0.6 is 0 Å². The standard InChI is InChI=1S/C29H47FO2/c1-19(2)7-6-8-20(3)24-11-12-25-23-10-9-21-17-22(32-27(31)18-30)13-15-28(21,4)26(23)14-16-29(24,25)5/h9,19-20,22-26H,6-8,10-18H2,1-5H3/t20-,22+,23+,24-,25+,26+,28+,29-/m1/s1. The van der Waals surface area contributed by atoms with E-state index in [0.29, 0.717) is 5.41 Å². The molecule has 4 aliphatic rings. The summed E-state index contributed by atoms with van der Waals surface area (Å²) in [5.74, 6) is 4.34. The maximum Gasteiger partial charge on any atom is 0.337 e. The predicted molar refractivity (Wildman–Crippen MR) is 129 cm³/mol. The number of hydrogen-bond donors (Lipinski definition) is 0. The topological polar surface area (TPSA) is 26.3 Å². The summed E-state index contributed by atoms with van der Waals surface area (Å²) in [4.78, 5) is 11.5. The van der Waals surface area contributed by atoms with Gasteiger partial charge >= 0.3 is 5.97 Å². The first kappa shape index (κ1) is 24.3. The minimum Gasteiger partial charge on any atom is -0.460 e. The molecule has 32 heavy (non-hydrogen) atoms. The van der Waals surface area contributed by atoms with Crippen molar-refractivity contribution in [3.8, 4) is 0 Å². The number of hydrogen-bond acceptors (Lipinski definition) is 2. The van der Waals surface area contributed by atoms with Crippen molar-refractivity contribution in [2.75, 3.05) is 6.67 Å². The summed E-state index contributed by atoms with van der Waals surface area (Å²) < 4.78 is 18.0. The van der Waals surface area contributed by atoms with Crippen LogP contribution in [0.5, 0.6) is 0 Å². The molecule has 0 bridgehead atoms. The van der Waals surface area contributed by atoms with Gasteiger partial charge < -0.3 is 4.74 Å². The highest BCUT2D eigenvalue weighted by atomic mass is 19.1. The van der Waals surface area contributed by atoms with Crippen molar-refractivity contribution in [3.05, 3.63) is 11.6 Å². The Morgan fingerprint density at radius 3 is 2.59 bits per heavy atom. The van der Waals surface area contributed by atoms with Crippen LogP contribution in [0.4, 0.5) is 4.39 Å². The molecule has 3 heteroatoms. The van der Waals surface area contributed by atoms with Crippen LogP contribution < -0.4 is 0 Å². The van der Waals surface area contributed by atoms with Crippen LogP contribution in [-0.4, -0.2) is 18.7 Å². The lowest BCUT2D eigenvalue weighted by Crippen LogP contribution is -2.51. The summed E-state index contributed by atoms with van der Waals surface area (Å²) in [6.07, 6.45) is 16.2. The molecule has 0 heterocycles. The predicted octanol–water partition coefficient (Wildman–Crippen LogP) is 7.91. The van der Waals surface area contributed by atoms with Crippen molar-refractivity contribution in [2.45, 2.75) is 111 Å². The number of halogens is 1. The van der Waals surface area contributed by atoms with Gasteiger partial charge in [-0.25, -0.2) is 9.18 Å². The van der Waals surface area contributed by atoms with Crippen LogP contribution in [0.2, 0.25) is 0 Å². The van der Waals surface area contributed by atoms with Crippen molar-refractivity contribution >= 4 is 5.97 Å². The number of carbonyl (C=O) groups is 1. The van der Waals surface area contributed by atoms with E-state index in [1.165, 1.54) is 56.9 Å². The van der Waals surface area contributed by atoms with Gasteiger partial charge in [0.25, 0.3) is 0 Å². The Balaban J connectivity index is 1.45. The monoisotopic (exact) mass is 446 g/mol. The number of rotatable bonds is 7. The van der Waals surface area contributed by atoms with Gasteiger partial charge in [0.05, 0.1) is 0 Å². The first-order chi connectivity index (χ1) is 15.2. The number of esters is 1. The molecule has 0 N–H and O–H groups in total. The third-order valence-electron chi connectivity index (χ3n) is 10.7. The molecule has 0 aromatic heterocycles. The average Bonchev–Trinajstić information content (AvgIpc) is 3.11. The maximum atomic E-state index is 12.6. The average molecular weight is 447 g/mol. The van der Waals surface area contributed by atoms with Crippen molar-refractivity contribution in [2.24, 2.45) is 46.3 Å². The molecule has 0 spiro atoms. The van der Waals surface area contributed by atoms with Gasteiger partial charge in [-0.1, -0.05) is 65.5 Å². The van der Waals surface area contributed by atoms with Gasteiger partial charge in [-0.05, 0) is 91.3 Å². The van der Waals surface area contributed by atoms with Crippen LogP contribution in [0.1, 0.15) is 105 Å². The van der Waals surface area contributed by atoms with Gasteiger partial charge in [-0.15, -0.1) is 0 Å². The Labute approximate surface area is 196 Å². The van der Waals surface area contributed by atoms with Crippen LogP contribution in [-0.2, 0) is 9.53 Å². The minimum absolute atomic E-state index is 0.120. The second-order valence-corrected chi connectivity index (χ2v) is 12.8. The number of allylic oxidation sites excluding steroid dienone is 1. The molecule has 3 saturated carbocycles. The Hall–Kier alpha value is -0.860. The van der Waals surface area contributed by atoms with E-state index in [1.807, 2.05) is 0 Å². The molecule has 0 amide bonds. The van der Waals surface area contributed by atoms with E-state index in [1.54, 1.807) is 0 Å². The SMILES string of the molecule is CC(C)CCC[C@@H](C)[C@H]1CC[C@H]2[C@@H]3CC=C4C[C@@H](OC(=O)CF)CC[C@]4(C)[C@H]3CC[C@]12C. The van der Waals surface area contributed by atoms with E-state index < -0.39 is 12.6 Å². The van der Waals surface area contributed by atoms with Crippen LogP contribution in [0.25, 0.3) is 0 Å². The summed E-state index contributed by atoms with van der Waals surface area (Å²) >= 11 is 0. The molecule has 0 aromatic carbocycles. The van der Waals surface area contributed by atoms with E-state index in [4.69, 9.17) is 4.74 Å². The minimum atomic E-state index is -1.01. The maximum absolute atomic E-state index is 12.6. The molecule has 0 saturated heterocycles. The first-order valence-corrected chi connectivity index (χ1v) is 13.6. The Morgan fingerprint density at radius 1 is 1.09 bits per heavy atom. The van der Waals surface area contributed by atoms with E-state index in [0.717, 1.165) is 54.8 Å². The second kappa shape index (κ2) is 9.41. The summed E-state index contributed by atoms with van der Waals surface area (Å²) in [5.41, 5.74) is 2.28. The van der Waals surface area contributed by atoms with Gasteiger partial charge in [0.1, 0.15) is 6.10 Å². The summed E-state index contributed by atoms with van der Waals surface area (Å²) in [5, 5.41) is 0. The molecule has 0 radical (unpaired) electrons. The molecule has 2 nitrogen and oxygen atoms in total. The summed E-state index contributed by atoms with van der Waals surface area (Å²) in [6.45, 7) is 11.4. The molecule has 182 valence electrons. The Kier molecular flexibility index (Phi) is 7.14. The third kappa shape index (κ3) is 4.31. The zero-order valence-corrected chi connectivity index (χ0v) is 21.3. The largest absolute Gasteiger partial charge is 0.460 e. The lowest BCUT2D eigenvalue weighted by Gasteiger charge is -2.58.